The van der Waals surface area contributed by atoms with Crippen LogP contribution in [-0.4, -0.2) is 62.3 Å². The molecule has 0 bridgehead atoms. The van der Waals surface area contributed by atoms with Gasteiger partial charge in [0.2, 0.25) is 11.9 Å². The summed E-state index contributed by atoms with van der Waals surface area (Å²) >= 11 is 0. The van der Waals surface area contributed by atoms with Crippen molar-refractivity contribution in [1.29, 1.82) is 0 Å². The number of aromatic amines is 1. The molecule has 2 N–H and O–H groups in total. The van der Waals surface area contributed by atoms with Gasteiger partial charge in [0.25, 0.3) is 0 Å². The number of carbonyl (C=O) groups is 1. The third-order valence-electron chi connectivity index (χ3n) is 6.11. The van der Waals surface area contributed by atoms with Gasteiger partial charge in [0, 0.05) is 62.1 Å². The number of nitrogens with zero attached hydrogens (tertiary/aromatic N) is 5. The Morgan fingerprint density at radius 3 is 2.85 bits per heavy atom. The first-order valence-electron chi connectivity index (χ1n) is 11.4. The number of carbonyl (C=O) groups excluding carboxylic acids is 1. The van der Waals surface area contributed by atoms with Crippen molar-refractivity contribution in [1.82, 2.24) is 29.7 Å². The summed E-state index contributed by atoms with van der Waals surface area (Å²) in [4.78, 5) is 32.6. The second-order valence-corrected chi connectivity index (χ2v) is 8.44. The third-order valence-corrected chi connectivity index (χ3v) is 6.11. The highest BCUT2D eigenvalue weighted by molar-refractivity contribution is 5.87. The Hall–Kier alpha value is -4.20. The van der Waals surface area contributed by atoms with E-state index >= 15 is 0 Å². The second-order valence-electron chi connectivity index (χ2n) is 8.44. The number of fused-ring (bicyclic) bond motifs is 1. The van der Waals surface area contributed by atoms with Crippen LogP contribution in [-0.2, 0) is 4.79 Å². The van der Waals surface area contributed by atoms with E-state index < -0.39 is 0 Å². The highest BCUT2D eigenvalue weighted by atomic mass is 16.2. The Bertz CT molecular complexity index is 1330. The van der Waals surface area contributed by atoms with Crippen LogP contribution >= 0.6 is 0 Å². The molecule has 172 valence electrons. The summed E-state index contributed by atoms with van der Waals surface area (Å²) in [6.07, 6.45) is 5.10. The Morgan fingerprint density at radius 1 is 1.15 bits per heavy atom. The van der Waals surface area contributed by atoms with Crippen LogP contribution in [0.25, 0.3) is 28.0 Å². The van der Waals surface area contributed by atoms with E-state index in [1.807, 2.05) is 48.3 Å². The lowest BCUT2D eigenvalue weighted by Gasteiger charge is -2.24. The van der Waals surface area contributed by atoms with E-state index in [-0.39, 0.29) is 5.91 Å². The molecule has 4 heterocycles. The number of amides is 1. The summed E-state index contributed by atoms with van der Waals surface area (Å²) in [5.41, 5.74) is 5.32. The second kappa shape index (κ2) is 9.35. The number of aromatic nitrogens is 4. The number of hydrogen-bond acceptors (Lipinski definition) is 6. The minimum absolute atomic E-state index is 0.249. The van der Waals surface area contributed by atoms with E-state index in [4.69, 9.17) is 0 Å². The molecular weight excluding hydrogens is 426 g/mol. The summed E-state index contributed by atoms with van der Waals surface area (Å²) in [5, 5.41) is 4.35. The van der Waals surface area contributed by atoms with E-state index in [9.17, 15) is 4.79 Å². The van der Waals surface area contributed by atoms with E-state index in [0.29, 0.717) is 12.4 Å². The monoisotopic (exact) mass is 453 g/mol. The summed E-state index contributed by atoms with van der Waals surface area (Å²) in [6, 6.07) is 15.7. The minimum Gasteiger partial charge on any atom is -0.372 e. The van der Waals surface area contributed by atoms with Crippen molar-refractivity contribution >= 4 is 34.1 Å². The predicted octanol–water partition coefficient (Wildman–Crippen LogP) is 4.29. The lowest BCUT2D eigenvalue weighted by Crippen LogP contribution is -2.33. The molecule has 1 aliphatic heterocycles. The average molecular weight is 454 g/mol. The molecule has 3 aromatic heterocycles. The van der Waals surface area contributed by atoms with E-state index in [0.717, 1.165) is 65.4 Å². The SMILES string of the molecule is C=C(c1cc2cc(Nc3nccc(-c4ccccn4)n3)ccc2[nH]1)N(C)CCN1CCCC1=O. The molecule has 1 aliphatic rings. The van der Waals surface area contributed by atoms with Gasteiger partial charge in [-0.1, -0.05) is 12.6 Å². The zero-order chi connectivity index (χ0) is 23.5. The maximum Gasteiger partial charge on any atom is 0.227 e. The Morgan fingerprint density at radius 2 is 2.06 bits per heavy atom. The number of nitrogens with one attached hydrogen (secondary N) is 2. The van der Waals surface area contributed by atoms with Crippen molar-refractivity contribution in [2.24, 2.45) is 0 Å². The highest BCUT2D eigenvalue weighted by Crippen LogP contribution is 2.26. The van der Waals surface area contributed by atoms with Crippen molar-refractivity contribution < 1.29 is 4.79 Å². The van der Waals surface area contributed by atoms with Crippen LogP contribution in [0.2, 0.25) is 0 Å². The van der Waals surface area contributed by atoms with Crippen LogP contribution in [0.15, 0.2) is 67.5 Å². The standard InChI is InChI=1S/C26H27N7O/c1-18(32(2)14-15-33-13-5-7-25(33)34)24-17-19-16-20(8-9-21(19)30-24)29-26-28-12-10-23(31-26)22-6-3-4-11-27-22/h3-4,6,8-12,16-17,30H,1,5,7,13-15H2,2H3,(H,28,29,31). The molecule has 0 unspecified atom stereocenters. The predicted molar refractivity (Wildman–Crippen MR) is 134 cm³/mol. The minimum atomic E-state index is 0.249. The summed E-state index contributed by atoms with van der Waals surface area (Å²) in [7, 11) is 2.01. The van der Waals surface area contributed by atoms with Gasteiger partial charge in [-0.05, 0) is 48.9 Å². The van der Waals surface area contributed by atoms with Gasteiger partial charge in [0.05, 0.1) is 22.8 Å². The molecule has 0 atom stereocenters. The van der Waals surface area contributed by atoms with Gasteiger partial charge in [0.15, 0.2) is 0 Å². The normalized spacial score (nSPS) is 13.4. The number of H-pyrrole nitrogens is 1. The van der Waals surface area contributed by atoms with Gasteiger partial charge in [-0.3, -0.25) is 9.78 Å². The average Bonchev–Trinajstić information content (AvgIpc) is 3.48. The van der Waals surface area contributed by atoms with Crippen molar-refractivity contribution in [2.45, 2.75) is 12.8 Å². The first-order chi connectivity index (χ1) is 16.6. The highest BCUT2D eigenvalue weighted by Gasteiger charge is 2.20. The molecule has 1 fully saturated rings. The zero-order valence-corrected chi connectivity index (χ0v) is 19.2. The molecule has 8 heteroatoms. The molecule has 5 rings (SSSR count). The van der Waals surface area contributed by atoms with Crippen LogP contribution in [0.5, 0.6) is 0 Å². The number of benzene rings is 1. The molecule has 8 nitrogen and oxygen atoms in total. The van der Waals surface area contributed by atoms with Crippen molar-refractivity contribution in [3.63, 3.8) is 0 Å². The lowest BCUT2D eigenvalue weighted by molar-refractivity contribution is -0.127. The maximum atomic E-state index is 11.9. The molecule has 1 saturated heterocycles. The number of pyridine rings is 1. The Labute approximate surface area is 198 Å². The van der Waals surface area contributed by atoms with E-state index in [1.165, 1.54) is 0 Å². The number of likely N-dealkylation sites (N-methyl/N-ethyl adjacent to an activating group) is 1. The van der Waals surface area contributed by atoms with Gasteiger partial charge >= 0.3 is 0 Å². The number of rotatable bonds is 8. The fourth-order valence-corrected chi connectivity index (χ4v) is 4.12. The largest absolute Gasteiger partial charge is 0.372 e. The van der Waals surface area contributed by atoms with Crippen LogP contribution < -0.4 is 5.32 Å². The van der Waals surface area contributed by atoms with Gasteiger partial charge < -0.3 is 20.1 Å². The molecule has 0 spiro atoms. The van der Waals surface area contributed by atoms with Gasteiger partial charge in [-0.25, -0.2) is 9.97 Å². The van der Waals surface area contributed by atoms with Crippen LogP contribution in [0.4, 0.5) is 11.6 Å². The van der Waals surface area contributed by atoms with E-state index in [2.05, 4.69) is 48.9 Å². The molecular formula is C26H27N7O. The lowest BCUT2D eigenvalue weighted by atomic mass is 10.2. The van der Waals surface area contributed by atoms with Crippen molar-refractivity contribution in [2.75, 3.05) is 32.0 Å². The summed E-state index contributed by atoms with van der Waals surface area (Å²) in [5.74, 6) is 0.762. The fourth-order valence-electron chi connectivity index (χ4n) is 4.12. The zero-order valence-electron chi connectivity index (χ0n) is 19.2. The fraction of sp³-hybridized carbons (Fsp3) is 0.231. The first-order valence-corrected chi connectivity index (χ1v) is 11.4. The molecule has 4 aromatic rings. The topological polar surface area (TPSA) is 90.0 Å². The van der Waals surface area contributed by atoms with Gasteiger partial charge in [-0.15, -0.1) is 0 Å². The molecule has 0 saturated carbocycles. The molecule has 1 aromatic carbocycles. The van der Waals surface area contributed by atoms with Crippen molar-refractivity contribution in [3.8, 4) is 11.4 Å². The quantitative estimate of drug-likeness (QED) is 0.414. The van der Waals surface area contributed by atoms with Crippen molar-refractivity contribution in [3.05, 3.63) is 73.2 Å². The molecule has 0 aliphatic carbocycles. The van der Waals surface area contributed by atoms with E-state index in [1.54, 1.807) is 12.4 Å². The summed E-state index contributed by atoms with van der Waals surface area (Å²) < 4.78 is 0. The Balaban J connectivity index is 1.28. The third kappa shape index (κ3) is 4.61. The molecule has 1 amide bonds. The maximum absolute atomic E-state index is 11.9. The van der Waals surface area contributed by atoms with Gasteiger partial charge in [0.1, 0.15) is 0 Å². The first kappa shape index (κ1) is 21.6. The summed E-state index contributed by atoms with van der Waals surface area (Å²) in [6.45, 7) is 6.59. The van der Waals surface area contributed by atoms with Gasteiger partial charge in [-0.2, -0.15) is 0 Å². The van der Waals surface area contributed by atoms with Crippen LogP contribution in [0, 0.1) is 0 Å². The molecule has 0 radical (unpaired) electrons. The van der Waals surface area contributed by atoms with Crippen LogP contribution in [0.3, 0.4) is 0 Å². The smallest absolute Gasteiger partial charge is 0.227 e. The number of anilines is 2. The Kier molecular flexibility index (Phi) is 5.95. The molecule has 34 heavy (non-hydrogen) atoms. The number of likely N-dealkylation sites (tertiary alicyclic amines) is 1. The number of hydrogen-bond donors (Lipinski definition) is 2. The van der Waals surface area contributed by atoms with Crippen LogP contribution in [0.1, 0.15) is 18.5 Å².